The third kappa shape index (κ3) is 6.53. The van der Waals surface area contributed by atoms with E-state index in [4.69, 9.17) is 5.73 Å². The highest BCUT2D eigenvalue weighted by atomic mass is 35.5. The van der Waals surface area contributed by atoms with Crippen molar-refractivity contribution in [1.82, 2.24) is 10.2 Å². The van der Waals surface area contributed by atoms with Gasteiger partial charge in [0.25, 0.3) is 0 Å². The van der Waals surface area contributed by atoms with Crippen LogP contribution < -0.4 is 11.1 Å². The lowest BCUT2D eigenvalue weighted by molar-refractivity contribution is -0.127. The van der Waals surface area contributed by atoms with Crippen LogP contribution in [0.2, 0.25) is 0 Å². The minimum Gasteiger partial charge on any atom is -0.352 e. The number of halogens is 2. The third-order valence-corrected chi connectivity index (χ3v) is 3.87. The molecule has 22 heavy (non-hydrogen) atoms. The Hall–Kier alpha value is -0.810. The van der Waals surface area contributed by atoms with Crippen molar-refractivity contribution in [3.8, 4) is 0 Å². The van der Waals surface area contributed by atoms with Gasteiger partial charge in [-0.25, -0.2) is 0 Å². The molecule has 4 nitrogen and oxygen atoms in total. The van der Waals surface area contributed by atoms with E-state index < -0.39 is 0 Å². The molecule has 2 rings (SSSR count). The second kappa shape index (κ2) is 10.8. The molecular formula is C16H27Cl2N3O. The second-order valence-corrected chi connectivity index (χ2v) is 5.71. The molecule has 1 saturated heterocycles. The van der Waals surface area contributed by atoms with Crippen molar-refractivity contribution < 1.29 is 4.79 Å². The summed E-state index contributed by atoms with van der Waals surface area (Å²) >= 11 is 0. The summed E-state index contributed by atoms with van der Waals surface area (Å²) < 4.78 is 0. The molecule has 0 radical (unpaired) electrons. The van der Waals surface area contributed by atoms with E-state index in [0.717, 1.165) is 32.5 Å². The number of nitrogens with zero attached hydrogens (tertiary/aromatic N) is 1. The molecule has 1 unspecified atom stereocenters. The van der Waals surface area contributed by atoms with Crippen LogP contribution in [0.25, 0.3) is 0 Å². The van der Waals surface area contributed by atoms with Crippen LogP contribution in [0.15, 0.2) is 30.3 Å². The molecule has 0 bridgehead atoms. The van der Waals surface area contributed by atoms with Gasteiger partial charge >= 0.3 is 0 Å². The number of benzene rings is 1. The highest BCUT2D eigenvalue weighted by Gasteiger charge is 2.26. The van der Waals surface area contributed by atoms with E-state index in [1.165, 1.54) is 5.56 Å². The van der Waals surface area contributed by atoms with Gasteiger partial charge in [-0.15, -0.1) is 24.8 Å². The van der Waals surface area contributed by atoms with Crippen molar-refractivity contribution >= 4 is 30.7 Å². The summed E-state index contributed by atoms with van der Waals surface area (Å²) in [7, 11) is 0. The van der Waals surface area contributed by atoms with Crippen molar-refractivity contribution in [3.05, 3.63) is 35.9 Å². The Morgan fingerprint density at radius 2 is 2.05 bits per heavy atom. The summed E-state index contributed by atoms with van der Waals surface area (Å²) in [6, 6.07) is 10.5. The Bertz CT molecular complexity index is 431. The average Bonchev–Trinajstić information content (AvgIpc) is 2.48. The smallest absolute Gasteiger partial charge is 0.224 e. The molecule has 0 spiro atoms. The van der Waals surface area contributed by atoms with Gasteiger partial charge in [0.1, 0.15) is 0 Å². The highest BCUT2D eigenvalue weighted by Crippen LogP contribution is 2.18. The first-order valence-electron chi connectivity index (χ1n) is 7.45. The van der Waals surface area contributed by atoms with Gasteiger partial charge in [-0.3, -0.25) is 9.69 Å². The number of amides is 1. The minimum atomic E-state index is 0. The molecule has 1 aliphatic rings. The highest BCUT2D eigenvalue weighted by molar-refractivity contribution is 5.85. The molecule has 1 amide bonds. The number of nitrogens with two attached hydrogens (primary N) is 1. The van der Waals surface area contributed by atoms with Crippen molar-refractivity contribution in [2.45, 2.75) is 32.4 Å². The SMILES string of the molecule is C[C@@H](CN)NC(=O)C1CCCN(Cc2ccccc2)C1.Cl.Cl. The molecule has 6 heteroatoms. The number of piperidine rings is 1. The predicted molar refractivity (Wildman–Crippen MR) is 95.6 cm³/mol. The monoisotopic (exact) mass is 347 g/mol. The number of hydrogen-bond acceptors (Lipinski definition) is 3. The van der Waals surface area contributed by atoms with Gasteiger partial charge < -0.3 is 11.1 Å². The summed E-state index contributed by atoms with van der Waals surface area (Å²) in [4.78, 5) is 14.5. The molecule has 0 aliphatic carbocycles. The minimum absolute atomic E-state index is 0. The lowest BCUT2D eigenvalue weighted by Gasteiger charge is -2.32. The van der Waals surface area contributed by atoms with Crippen molar-refractivity contribution in [2.24, 2.45) is 11.7 Å². The van der Waals surface area contributed by atoms with Gasteiger partial charge in [0, 0.05) is 25.7 Å². The first kappa shape index (κ1) is 21.2. The first-order valence-corrected chi connectivity index (χ1v) is 7.45. The van der Waals surface area contributed by atoms with Crippen LogP contribution >= 0.6 is 24.8 Å². The van der Waals surface area contributed by atoms with Gasteiger partial charge in [0.05, 0.1) is 5.92 Å². The topological polar surface area (TPSA) is 58.4 Å². The van der Waals surface area contributed by atoms with Crippen LogP contribution in [0.3, 0.4) is 0 Å². The third-order valence-electron chi connectivity index (χ3n) is 3.87. The van der Waals surface area contributed by atoms with Crippen LogP contribution in [0, 0.1) is 5.92 Å². The molecule has 1 aliphatic heterocycles. The lowest BCUT2D eigenvalue weighted by Crippen LogP contribution is -2.46. The van der Waals surface area contributed by atoms with E-state index in [1.54, 1.807) is 0 Å². The van der Waals surface area contributed by atoms with Crippen LogP contribution in [-0.4, -0.2) is 36.5 Å². The average molecular weight is 348 g/mol. The van der Waals surface area contributed by atoms with Crippen LogP contribution in [-0.2, 0) is 11.3 Å². The Balaban J connectivity index is 0.00000220. The second-order valence-electron chi connectivity index (χ2n) is 5.71. The fourth-order valence-electron chi connectivity index (χ4n) is 2.67. The Morgan fingerprint density at radius 3 is 2.68 bits per heavy atom. The summed E-state index contributed by atoms with van der Waals surface area (Å²) in [6.45, 7) is 5.29. The number of carbonyl (C=O) groups excluding carboxylic acids is 1. The molecule has 1 aromatic carbocycles. The van der Waals surface area contributed by atoms with E-state index in [1.807, 2.05) is 13.0 Å². The van der Waals surface area contributed by atoms with E-state index in [9.17, 15) is 4.79 Å². The number of hydrogen-bond donors (Lipinski definition) is 2. The molecule has 0 aromatic heterocycles. The van der Waals surface area contributed by atoms with E-state index in [2.05, 4.69) is 34.5 Å². The molecule has 3 N–H and O–H groups in total. The zero-order chi connectivity index (χ0) is 14.4. The maximum Gasteiger partial charge on any atom is 0.224 e. The van der Waals surface area contributed by atoms with E-state index >= 15 is 0 Å². The van der Waals surface area contributed by atoms with Crippen LogP contribution in [0.1, 0.15) is 25.3 Å². The van der Waals surface area contributed by atoms with Gasteiger partial charge in [0.2, 0.25) is 5.91 Å². The maximum absolute atomic E-state index is 12.2. The fourth-order valence-corrected chi connectivity index (χ4v) is 2.67. The summed E-state index contributed by atoms with van der Waals surface area (Å²) in [5.41, 5.74) is 6.86. The Morgan fingerprint density at radius 1 is 1.36 bits per heavy atom. The zero-order valence-corrected chi connectivity index (χ0v) is 14.7. The largest absolute Gasteiger partial charge is 0.352 e. The lowest BCUT2D eigenvalue weighted by atomic mass is 9.96. The Labute approximate surface area is 145 Å². The maximum atomic E-state index is 12.2. The molecule has 1 fully saturated rings. The predicted octanol–water partition coefficient (Wildman–Crippen LogP) is 2.21. The van der Waals surface area contributed by atoms with Gasteiger partial charge in [-0.05, 0) is 31.9 Å². The van der Waals surface area contributed by atoms with Crippen LogP contribution in [0.4, 0.5) is 0 Å². The standard InChI is InChI=1S/C16H25N3O.2ClH/c1-13(10-17)18-16(20)15-8-5-9-19(12-15)11-14-6-3-2-4-7-14;;/h2-4,6-7,13,15H,5,8-12,17H2,1H3,(H,18,20);2*1H/t13-,15?;;/m0../s1. The number of likely N-dealkylation sites (tertiary alicyclic amines) is 1. The number of rotatable bonds is 5. The molecule has 2 atom stereocenters. The van der Waals surface area contributed by atoms with E-state index in [-0.39, 0.29) is 42.7 Å². The first-order chi connectivity index (χ1) is 9.69. The molecule has 0 saturated carbocycles. The van der Waals surface area contributed by atoms with E-state index in [0.29, 0.717) is 6.54 Å². The molecule has 1 heterocycles. The van der Waals surface area contributed by atoms with Crippen molar-refractivity contribution in [1.29, 1.82) is 0 Å². The Kier molecular flexibility index (Phi) is 10.4. The molecular weight excluding hydrogens is 321 g/mol. The number of nitrogens with one attached hydrogen (secondary N) is 1. The van der Waals surface area contributed by atoms with Gasteiger partial charge in [-0.2, -0.15) is 0 Å². The van der Waals surface area contributed by atoms with Crippen molar-refractivity contribution in [3.63, 3.8) is 0 Å². The normalized spacial score (nSPS) is 19.5. The van der Waals surface area contributed by atoms with Crippen molar-refractivity contribution in [2.75, 3.05) is 19.6 Å². The fraction of sp³-hybridized carbons (Fsp3) is 0.562. The van der Waals surface area contributed by atoms with Gasteiger partial charge in [0.15, 0.2) is 0 Å². The number of carbonyl (C=O) groups is 1. The molecule has 1 aromatic rings. The zero-order valence-electron chi connectivity index (χ0n) is 13.0. The molecule has 126 valence electrons. The summed E-state index contributed by atoms with van der Waals surface area (Å²) in [5.74, 6) is 0.252. The van der Waals surface area contributed by atoms with Crippen LogP contribution in [0.5, 0.6) is 0 Å². The quantitative estimate of drug-likeness (QED) is 0.858. The summed E-state index contributed by atoms with van der Waals surface area (Å²) in [5, 5.41) is 2.99. The van der Waals surface area contributed by atoms with Gasteiger partial charge in [-0.1, -0.05) is 30.3 Å². The summed E-state index contributed by atoms with van der Waals surface area (Å²) in [6.07, 6.45) is 2.07.